The third kappa shape index (κ3) is 4.73. The molecule has 0 N–H and O–H groups in total. The van der Waals surface area contributed by atoms with E-state index in [4.69, 9.17) is 4.52 Å². The quantitative estimate of drug-likeness (QED) is 0.552. The highest BCUT2D eigenvalue weighted by Gasteiger charge is 2.31. The highest BCUT2D eigenvalue weighted by molar-refractivity contribution is 5.53. The average molecular weight is 394 g/mol. The Morgan fingerprint density at radius 1 is 1.03 bits per heavy atom. The van der Waals surface area contributed by atoms with E-state index >= 15 is 0 Å². The van der Waals surface area contributed by atoms with Crippen molar-refractivity contribution in [3.05, 3.63) is 71.9 Å². The molecule has 0 amide bonds. The van der Waals surface area contributed by atoms with Crippen LogP contribution in [-0.4, -0.2) is 29.1 Å². The molecule has 0 spiro atoms. The van der Waals surface area contributed by atoms with Crippen molar-refractivity contribution < 1.29 is 8.91 Å². The van der Waals surface area contributed by atoms with Crippen molar-refractivity contribution in [3.8, 4) is 11.4 Å². The van der Waals surface area contributed by atoms with Crippen LogP contribution in [0, 0.1) is 17.7 Å². The highest BCUT2D eigenvalue weighted by atomic mass is 19.1. The molecule has 1 atom stereocenters. The van der Waals surface area contributed by atoms with Gasteiger partial charge in [0.2, 0.25) is 11.7 Å². The van der Waals surface area contributed by atoms with Crippen LogP contribution in [0.25, 0.3) is 11.4 Å². The number of rotatable bonds is 6. The summed E-state index contributed by atoms with van der Waals surface area (Å²) < 4.78 is 19.3. The highest BCUT2D eigenvalue weighted by Crippen LogP contribution is 2.40. The lowest BCUT2D eigenvalue weighted by molar-refractivity contribution is 0.145. The molecule has 1 heterocycles. The van der Waals surface area contributed by atoms with Crippen LogP contribution in [-0.2, 0) is 6.42 Å². The molecule has 29 heavy (non-hydrogen) atoms. The molecule has 1 fully saturated rings. The molecule has 0 bridgehead atoms. The monoisotopic (exact) mass is 393 g/mol. The number of benzene rings is 2. The summed E-state index contributed by atoms with van der Waals surface area (Å²) in [5.74, 6) is 2.32. The standard InChI is InChI=1S/C24H28FN3O/c1-28(2)23(20-9-6-10-21(25)16-20)18-13-11-17(12-14-18)15-22-26-24(27-29-22)19-7-4-3-5-8-19/h3-10,16-18,23H,11-15H2,1-2H3. The van der Waals surface area contributed by atoms with E-state index in [0.29, 0.717) is 17.7 Å². The van der Waals surface area contributed by atoms with Crippen LogP contribution in [0.1, 0.15) is 43.2 Å². The molecule has 2 aromatic carbocycles. The van der Waals surface area contributed by atoms with Crippen LogP contribution in [0.4, 0.5) is 4.39 Å². The van der Waals surface area contributed by atoms with Gasteiger partial charge in [-0.2, -0.15) is 4.98 Å². The molecule has 3 aromatic rings. The summed E-state index contributed by atoms with van der Waals surface area (Å²) in [5.41, 5.74) is 2.05. The first kappa shape index (κ1) is 19.8. The number of hydrogen-bond donors (Lipinski definition) is 0. The van der Waals surface area contributed by atoms with Gasteiger partial charge in [0.05, 0.1) is 0 Å². The van der Waals surface area contributed by atoms with E-state index in [-0.39, 0.29) is 11.9 Å². The van der Waals surface area contributed by atoms with E-state index in [0.717, 1.165) is 49.1 Å². The Hall–Kier alpha value is -2.53. The lowest BCUT2D eigenvalue weighted by atomic mass is 9.75. The third-order valence-electron chi connectivity index (χ3n) is 6.05. The Morgan fingerprint density at radius 2 is 1.79 bits per heavy atom. The molecular weight excluding hydrogens is 365 g/mol. The zero-order valence-corrected chi connectivity index (χ0v) is 17.1. The van der Waals surface area contributed by atoms with E-state index in [9.17, 15) is 4.39 Å². The van der Waals surface area contributed by atoms with E-state index in [1.54, 1.807) is 6.07 Å². The van der Waals surface area contributed by atoms with Gasteiger partial charge < -0.3 is 9.42 Å². The van der Waals surface area contributed by atoms with Gasteiger partial charge in [-0.25, -0.2) is 4.39 Å². The normalized spacial score (nSPS) is 20.7. The molecule has 0 radical (unpaired) electrons. The van der Waals surface area contributed by atoms with E-state index in [2.05, 4.69) is 29.1 Å². The van der Waals surface area contributed by atoms with Gasteiger partial charge in [0.15, 0.2) is 0 Å². The Balaban J connectivity index is 1.37. The Labute approximate surface area is 171 Å². The second-order valence-corrected chi connectivity index (χ2v) is 8.33. The molecule has 1 aliphatic carbocycles. The zero-order valence-electron chi connectivity index (χ0n) is 17.1. The predicted octanol–water partition coefficient (Wildman–Crippen LogP) is 5.53. The van der Waals surface area contributed by atoms with Crippen LogP contribution in [0.5, 0.6) is 0 Å². The topological polar surface area (TPSA) is 42.2 Å². The Morgan fingerprint density at radius 3 is 2.48 bits per heavy atom. The largest absolute Gasteiger partial charge is 0.339 e. The van der Waals surface area contributed by atoms with Crippen molar-refractivity contribution in [3.63, 3.8) is 0 Å². The van der Waals surface area contributed by atoms with Gasteiger partial charge in [-0.05, 0) is 69.3 Å². The summed E-state index contributed by atoms with van der Waals surface area (Å²) in [6.07, 6.45) is 5.35. The summed E-state index contributed by atoms with van der Waals surface area (Å²) in [6, 6.07) is 17.2. The fourth-order valence-electron chi connectivity index (χ4n) is 4.68. The minimum absolute atomic E-state index is 0.159. The lowest BCUT2D eigenvalue weighted by Gasteiger charge is -2.37. The average Bonchev–Trinajstić information content (AvgIpc) is 3.18. The van der Waals surface area contributed by atoms with Crippen molar-refractivity contribution in [1.29, 1.82) is 0 Å². The predicted molar refractivity (Wildman–Crippen MR) is 112 cm³/mol. The molecule has 1 saturated carbocycles. The van der Waals surface area contributed by atoms with Crippen molar-refractivity contribution in [2.24, 2.45) is 11.8 Å². The van der Waals surface area contributed by atoms with Crippen molar-refractivity contribution in [2.45, 2.75) is 38.1 Å². The number of aromatic nitrogens is 2. The van der Waals surface area contributed by atoms with Crippen molar-refractivity contribution >= 4 is 0 Å². The summed E-state index contributed by atoms with van der Waals surface area (Å²) >= 11 is 0. The van der Waals surface area contributed by atoms with Gasteiger partial charge in [0.25, 0.3) is 0 Å². The first-order chi connectivity index (χ1) is 14.1. The van der Waals surface area contributed by atoms with Gasteiger partial charge in [-0.15, -0.1) is 0 Å². The van der Waals surface area contributed by atoms with E-state index in [1.807, 2.05) is 42.5 Å². The summed E-state index contributed by atoms with van der Waals surface area (Å²) in [5, 5.41) is 4.14. The van der Waals surface area contributed by atoms with Crippen LogP contribution in [0.3, 0.4) is 0 Å². The Kier molecular flexibility index (Phi) is 6.05. The maximum Gasteiger partial charge on any atom is 0.227 e. The van der Waals surface area contributed by atoms with Gasteiger partial charge in [-0.1, -0.05) is 47.6 Å². The maximum absolute atomic E-state index is 13.7. The maximum atomic E-state index is 13.7. The molecule has 4 nitrogen and oxygen atoms in total. The second-order valence-electron chi connectivity index (χ2n) is 8.33. The molecular formula is C24H28FN3O. The third-order valence-corrected chi connectivity index (χ3v) is 6.05. The number of nitrogens with zero attached hydrogens (tertiary/aromatic N) is 3. The van der Waals surface area contributed by atoms with Crippen LogP contribution in [0.2, 0.25) is 0 Å². The minimum Gasteiger partial charge on any atom is -0.339 e. The molecule has 152 valence electrons. The van der Waals surface area contributed by atoms with Crippen molar-refractivity contribution in [1.82, 2.24) is 15.0 Å². The van der Waals surface area contributed by atoms with E-state index < -0.39 is 0 Å². The van der Waals surface area contributed by atoms with Gasteiger partial charge in [0.1, 0.15) is 5.82 Å². The van der Waals surface area contributed by atoms with Gasteiger partial charge >= 0.3 is 0 Å². The fourth-order valence-corrected chi connectivity index (χ4v) is 4.68. The Bertz CT molecular complexity index is 917. The molecule has 1 aromatic heterocycles. The van der Waals surface area contributed by atoms with Crippen LogP contribution in [0.15, 0.2) is 59.1 Å². The molecule has 0 aliphatic heterocycles. The smallest absolute Gasteiger partial charge is 0.227 e. The summed E-state index contributed by atoms with van der Waals surface area (Å²) in [4.78, 5) is 6.81. The fraction of sp³-hybridized carbons (Fsp3) is 0.417. The SMILES string of the molecule is CN(C)C(c1cccc(F)c1)C1CCC(Cc2nc(-c3ccccc3)no2)CC1. The van der Waals surface area contributed by atoms with Gasteiger partial charge in [0, 0.05) is 18.0 Å². The molecule has 1 aliphatic rings. The second kappa shape index (κ2) is 8.87. The number of hydrogen-bond acceptors (Lipinski definition) is 4. The summed E-state index contributed by atoms with van der Waals surface area (Å²) in [7, 11) is 4.18. The number of halogens is 1. The minimum atomic E-state index is -0.159. The first-order valence-electron chi connectivity index (χ1n) is 10.4. The lowest BCUT2D eigenvalue weighted by Crippen LogP contribution is -2.30. The van der Waals surface area contributed by atoms with Crippen LogP contribution < -0.4 is 0 Å². The summed E-state index contributed by atoms with van der Waals surface area (Å²) in [6.45, 7) is 0. The first-order valence-corrected chi connectivity index (χ1v) is 10.4. The van der Waals surface area contributed by atoms with Crippen LogP contribution >= 0.6 is 0 Å². The van der Waals surface area contributed by atoms with E-state index in [1.165, 1.54) is 6.07 Å². The van der Waals surface area contributed by atoms with Gasteiger partial charge in [-0.3, -0.25) is 0 Å². The molecule has 1 unspecified atom stereocenters. The van der Waals surface area contributed by atoms with Crippen molar-refractivity contribution in [2.75, 3.05) is 14.1 Å². The molecule has 4 rings (SSSR count). The molecule has 0 saturated heterocycles. The molecule has 5 heteroatoms. The zero-order chi connectivity index (χ0) is 20.2.